The van der Waals surface area contributed by atoms with Gasteiger partial charge in [0.25, 0.3) is 5.56 Å². The van der Waals surface area contributed by atoms with Gasteiger partial charge in [-0.2, -0.15) is 4.31 Å². The quantitative estimate of drug-likeness (QED) is 0.642. The molecule has 2 heterocycles. The molecule has 0 atom stereocenters. The monoisotopic (exact) mass is 437 g/mol. The van der Waals surface area contributed by atoms with E-state index < -0.39 is 21.5 Å². The van der Waals surface area contributed by atoms with Crippen molar-refractivity contribution in [3.63, 3.8) is 0 Å². The summed E-state index contributed by atoms with van der Waals surface area (Å²) < 4.78 is 28.0. The van der Waals surface area contributed by atoms with Gasteiger partial charge in [-0.25, -0.2) is 8.42 Å². The maximum Gasteiger partial charge on any atom is 0.251 e. The Kier molecular flexibility index (Phi) is 6.01. The van der Waals surface area contributed by atoms with Crippen LogP contribution in [0.15, 0.2) is 82.6 Å². The summed E-state index contributed by atoms with van der Waals surface area (Å²) in [5.41, 5.74) is 2.26. The van der Waals surface area contributed by atoms with Gasteiger partial charge in [0.05, 0.1) is 4.90 Å². The minimum atomic E-state index is -3.66. The van der Waals surface area contributed by atoms with Gasteiger partial charge in [0, 0.05) is 31.0 Å². The molecular formula is C23H23N3O4S. The molecule has 7 nitrogen and oxygen atoms in total. The van der Waals surface area contributed by atoms with Crippen LogP contribution in [-0.4, -0.2) is 36.3 Å². The van der Waals surface area contributed by atoms with Gasteiger partial charge in [0.1, 0.15) is 6.54 Å². The lowest BCUT2D eigenvalue weighted by molar-refractivity contribution is -0.116. The molecule has 0 aliphatic carbocycles. The van der Waals surface area contributed by atoms with Crippen molar-refractivity contribution in [1.82, 2.24) is 8.87 Å². The number of benzene rings is 2. The molecule has 0 spiro atoms. The molecule has 160 valence electrons. The molecule has 0 radical (unpaired) electrons. The van der Waals surface area contributed by atoms with Crippen LogP contribution in [0.4, 0.5) is 5.69 Å². The molecule has 1 N–H and O–H groups in total. The summed E-state index contributed by atoms with van der Waals surface area (Å²) in [6, 6.07) is 19.7. The highest BCUT2D eigenvalue weighted by Gasteiger charge is 2.27. The topological polar surface area (TPSA) is 88.5 Å². The number of carbonyl (C=O) groups is 1. The molecule has 1 aromatic heterocycles. The molecule has 3 aromatic rings. The van der Waals surface area contributed by atoms with Crippen molar-refractivity contribution in [2.24, 2.45) is 0 Å². The van der Waals surface area contributed by atoms with Gasteiger partial charge in [0.15, 0.2) is 0 Å². The predicted octanol–water partition coefficient (Wildman–Crippen LogP) is 2.94. The fraction of sp³-hybridized carbons (Fsp3) is 0.217. The third-order valence-corrected chi connectivity index (χ3v) is 7.13. The van der Waals surface area contributed by atoms with Crippen molar-refractivity contribution in [1.29, 1.82) is 0 Å². The second-order valence-corrected chi connectivity index (χ2v) is 9.37. The summed E-state index contributed by atoms with van der Waals surface area (Å²) in [5, 5.41) is 2.75. The fourth-order valence-corrected chi connectivity index (χ4v) is 5.13. The molecule has 0 saturated carbocycles. The third-order valence-electron chi connectivity index (χ3n) is 5.25. The van der Waals surface area contributed by atoms with Crippen molar-refractivity contribution in [3.05, 3.63) is 83.3 Å². The summed E-state index contributed by atoms with van der Waals surface area (Å²) in [7, 11) is -3.66. The Bertz CT molecular complexity index is 1230. The van der Waals surface area contributed by atoms with Gasteiger partial charge in [-0.05, 0) is 42.2 Å². The van der Waals surface area contributed by atoms with E-state index in [1.165, 1.54) is 22.6 Å². The molecule has 0 unspecified atom stereocenters. The van der Waals surface area contributed by atoms with Gasteiger partial charge in [-0.1, -0.05) is 42.5 Å². The van der Waals surface area contributed by atoms with E-state index in [2.05, 4.69) is 5.32 Å². The van der Waals surface area contributed by atoms with Crippen molar-refractivity contribution in [2.75, 3.05) is 18.4 Å². The molecule has 4 rings (SSSR count). The molecule has 1 amide bonds. The van der Waals surface area contributed by atoms with Gasteiger partial charge in [0.2, 0.25) is 15.9 Å². The molecule has 31 heavy (non-hydrogen) atoms. The van der Waals surface area contributed by atoms with Crippen molar-refractivity contribution < 1.29 is 13.2 Å². The van der Waals surface area contributed by atoms with Crippen LogP contribution in [0.3, 0.4) is 0 Å². The largest absolute Gasteiger partial charge is 0.325 e. The van der Waals surface area contributed by atoms with Crippen molar-refractivity contribution in [2.45, 2.75) is 24.3 Å². The van der Waals surface area contributed by atoms with Crippen LogP contribution in [0, 0.1) is 0 Å². The van der Waals surface area contributed by atoms with Crippen molar-refractivity contribution >= 4 is 21.6 Å². The highest BCUT2D eigenvalue weighted by molar-refractivity contribution is 7.89. The van der Waals surface area contributed by atoms with E-state index in [4.69, 9.17) is 0 Å². The predicted molar refractivity (Wildman–Crippen MR) is 119 cm³/mol. The Morgan fingerprint density at radius 2 is 1.52 bits per heavy atom. The Morgan fingerprint density at radius 3 is 2.19 bits per heavy atom. The van der Waals surface area contributed by atoms with Gasteiger partial charge in [-0.3, -0.25) is 9.59 Å². The molecule has 1 fully saturated rings. The number of pyridine rings is 1. The van der Waals surface area contributed by atoms with Gasteiger partial charge < -0.3 is 9.88 Å². The van der Waals surface area contributed by atoms with Gasteiger partial charge in [-0.15, -0.1) is 0 Å². The van der Waals surface area contributed by atoms with Crippen molar-refractivity contribution in [3.8, 4) is 11.1 Å². The van der Waals surface area contributed by atoms with Crippen LogP contribution in [-0.2, 0) is 21.4 Å². The third kappa shape index (κ3) is 4.76. The van der Waals surface area contributed by atoms with E-state index >= 15 is 0 Å². The Morgan fingerprint density at radius 1 is 0.871 bits per heavy atom. The number of hydrogen-bond acceptors (Lipinski definition) is 4. The number of aromatic nitrogens is 1. The summed E-state index contributed by atoms with van der Waals surface area (Å²) in [5.74, 6) is -0.412. The van der Waals surface area contributed by atoms with Gasteiger partial charge >= 0.3 is 0 Å². The minimum Gasteiger partial charge on any atom is -0.325 e. The first-order valence-corrected chi connectivity index (χ1v) is 11.5. The number of nitrogens with zero attached hydrogens (tertiary/aromatic N) is 2. The summed E-state index contributed by atoms with van der Waals surface area (Å²) in [6.45, 7) is 0.671. The Hall–Kier alpha value is -3.23. The standard InChI is InChI=1S/C23H23N3O4S/c27-22(24-20-10-8-19(9-11-20)18-6-2-1-3-7-18)17-25-16-21(12-13-23(25)28)31(29,30)26-14-4-5-15-26/h1-3,6-13,16H,4-5,14-15,17H2,(H,24,27). The van der Waals surface area contributed by atoms with Crippen LogP contribution in [0.5, 0.6) is 0 Å². The number of nitrogens with one attached hydrogen (secondary N) is 1. The second-order valence-electron chi connectivity index (χ2n) is 7.43. The summed E-state index contributed by atoms with van der Waals surface area (Å²) in [6.07, 6.45) is 2.89. The highest BCUT2D eigenvalue weighted by atomic mass is 32.2. The van der Waals surface area contributed by atoms with Crippen LogP contribution in [0.1, 0.15) is 12.8 Å². The average Bonchev–Trinajstić information content (AvgIpc) is 3.32. The normalized spacial score (nSPS) is 14.5. The fourth-order valence-electron chi connectivity index (χ4n) is 3.59. The number of rotatable bonds is 6. The van der Waals surface area contributed by atoms with E-state index in [0.29, 0.717) is 18.8 Å². The number of hydrogen-bond donors (Lipinski definition) is 1. The summed E-state index contributed by atoms with van der Waals surface area (Å²) >= 11 is 0. The zero-order valence-electron chi connectivity index (χ0n) is 16.9. The molecular weight excluding hydrogens is 414 g/mol. The molecule has 1 aliphatic heterocycles. The van der Waals surface area contributed by atoms with E-state index in [0.717, 1.165) is 28.5 Å². The first kappa shape index (κ1) is 21.0. The number of amides is 1. The molecule has 1 aliphatic rings. The Balaban J connectivity index is 1.47. The van der Waals surface area contributed by atoms with Crippen LogP contribution in [0.25, 0.3) is 11.1 Å². The Labute approximate surface area is 181 Å². The lowest BCUT2D eigenvalue weighted by Crippen LogP contribution is -2.31. The van der Waals surface area contributed by atoms with Crippen LogP contribution < -0.4 is 10.9 Å². The molecule has 1 saturated heterocycles. The van der Waals surface area contributed by atoms with Crippen LogP contribution in [0.2, 0.25) is 0 Å². The zero-order valence-corrected chi connectivity index (χ0v) is 17.7. The molecule has 2 aromatic carbocycles. The lowest BCUT2D eigenvalue weighted by atomic mass is 10.1. The molecule has 0 bridgehead atoms. The molecule has 8 heteroatoms. The highest BCUT2D eigenvalue weighted by Crippen LogP contribution is 2.21. The first-order valence-electron chi connectivity index (χ1n) is 10.1. The van der Waals surface area contributed by atoms with E-state index in [1.807, 2.05) is 42.5 Å². The number of sulfonamides is 1. The zero-order chi connectivity index (χ0) is 21.8. The average molecular weight is 438 g/mol. The van der Waals surface area contributed by atoms with E-state index in [-0.39, 0.29) is 11.4 Å². The maximum atomic E-state index is 12.7. The summed E-state index contributed by atoms with van der Waals surface area (Å²) in [4.78, 5) is 24.7. The lowest BCUT2D eigenvalue weighted by Gasteiger charge is -2.16. The minimum absolute atomic E-state index is 0.0222. The maximum absolute atomic E-state index is 12.7. The first-order chi connectivity index (χ1) is 14.9. The SMILES string of the molecule is O=C(Cn1cc(S(=O)(=O)N2CCCC2)ccc1=O)Nc1ccc(-c2ccccc2)cc1. The number of anilines is 1. The van der Waals surface area contributed by atoms with Crippen LogP contribution >= 0.6 is 0 Å². The van der Waals surface area contributed by atoms with E-state index in [1.54, 1.807) is 12.1 Å². The smallest absolute Gasteiger partial charge is 0.251 e. The number of carbonyl (C=O) groups excluding carboxylic acids is 1. The van der Waals surface area contributed by atoms with E-state index in [9.17, 15) is 18.0 Å². The second kappa shape index (κ2) is 8.87.